The molecule has 2 aromatic rings. The van der Waals surface area contributed by atoms with E-state index >= 15 is 0 Å². The standard InChI is InChI=1S/C26H35NO3S/c1-5-17-30-24(28)26(19-20-14-15-21-11-8-9-12-22(21)18-20)16-10-6-7-13-23(26)27-31(29)25(2,3)4/h5,8-9,11-12,14-15,18,23,27H,1,6-7,10,13,16-17,19H2,2-4H3/t23-,26+,31?/m1/s1. The second-order valence-corrected chi connectivity index (χ2v) is 11.6. The Morgan fingerprint density at radius 3 is 2.68 bits per heavy atom. The lowest BCUT2D eigenvalue weighted by Crippen LogP contribution is -2.56. The summed E-state index contributed by atoms with van der Waals surface area (Å²) in [5, 5.41) is 2.34. The molecule has 0 aliphatic heterocycles. The van der Waals surface area contributed by atoms with Gasteiger partial charge in [-0.3, -0.25) is 4.79 Å². The Hall–Kier alpha value is -1.82. The number of nitrogens with one attached hydrogen (secondary N) is 1. The van der Waals surface area contributed by atoms with Crippen LogP contribution in [0.1, 0.15) is 58.4 Å². The van der Waals surface area contributed by atoms with E-state index in [0.717, 1.165) is 43.1 Å². The lowest BCUT2D eigenvalue weighted by Gasteiger charge is -2.39. The molecule has 1 N–H and O–H groups in total. The minimum Gasteiger partial charge on any atom is -0.598 e. The number of carbonyl (C=O) groups is 1. The molecule has 1 aliphatic carbocycles. The molecule has 2 aromatic carbocycles. The lowest BCUT2D eigenvalue weighted by atomic mass is 9.72. The summed E-state index contributed by atoms with van der Waals surface area (Å²) >= 11 is -1.27. The molecule has 0 aromatic heterocycles. The van der Waals surface area contributed by atoms with Gasteiger partial charge in [-0.05, 0) is 56.4 Å². The molecular weight excluding hydrogens is 406 g/mol. The molecule has 0 amide bonds. The molecule has 3 atom stereocenters. The van der Waals surface area contributed by atoms with Gasteiger partial charge in [0, 0.05) is 11.4 Å². The van der Waals surface area contributed by atoms with E-state index in [-0.39, 0.29) is 18.6 Å². The maximum atomic E-state index is 13.5. The predicted octanol–water partition coefficient (Wildman–Crippen LogP) is 5.48. The van der Waals surface area contributed by atoms with Crippen molar-refractivity contribution in [2.24, 2.45) is 5.41 Å². The summed E-state index contributed by atoms with van der Waals surface area (Å²) in [7, 11) is 0. The van der Waals surface area contributed by atoms with Crippen molar-refractivity contribution in [3.63, 3.8) is 0 Å². The molecule has 0 spiro atoms. The van der Waals surface area contributed by atoms with E-state index in [2.05, 4.69) is 41.6 Å². The quantitative estimate of drug-likeness (QED) is 0.267. The topological polar surface area (TPSA) is 61.4 Å². The Labute approximate surface area is 189 Å². The van der Waals surface area contributed by atoms with Crippen molar-refractivity contribution in [1.29, 1.82) is 0 Å². The molecule has 1 aliphatic rings. The molecule has 5 heteroatoms. The van der Waals surface area contributed by atoms with Crippen LogP contribution in [0.4, 0.5) is 0 Å². The van der Waals surface area contributed by atoms with Gasteiger partial charge in [-0.25, -0.2) is 0 Å². The van der Waals surface area contributed by atoms with Gasteiger partial charge in [0.15, 0.2) is 0 Å². The molecule has 0 radical (unpaired) electrons. The predicted molar refractivity (Wildman–Crippen MR) is 129 cm³/mol. The smallest absolute Gasteiger partial charge is 0.314 e. The molecule has 1 unspecified atom stereocenters. The highest BCUT2D eigenvalue weighted by Gasteiger charge is 2.50. The summed E-state index contributed by atoms with van der Waals surface area (Å²) in [6.45, 7) is 9.74. The molecule has 31 heavy (non-hydrogen) atoms. The van der Waals surface area contributed by atoms with Gasteiger partial charge in [-0.15, -0.1) is 4.72 Å². The molecule has 4 nitrogen and oxygen atoms in total. The van der Waals surface area contributed by atoms with Crippen molar-refractivity contribution in [2.75, 3.05) is 6.61 Å². The zero-order valence-electron chi connectivity index (χ0n) is 19.0. The lowest BCUT2D eigenvalue weighted by molar-refractivity contribution is -0.157. The molecule has 1 fully saturated rings. The van der Waals surface area contributed by atoms with Gasteiger partial charge in [0.25, 0.3) is 0 Å². The summed E-state index contributed by atoms with van der Waals surface area (Å²) in [4.78, 5) is 13.5. The van der Waals surface area contributed by atoms with Gasteiger partial charge in [0.05, 0.1) is 11.5 Å². The van der Waals surface area contributed by atoms with Crippen molar-refractivity contribution in [1.82, 2.24) is 4.72 Å². The van der Waals surface area contributed by atoms with Crippen LogP contribution in [-0.2, 0) is 27.3 Å². The van der Waals surface area contributed by atoms with Gasteiger partial charge >= 0.3 is 5.97 Å². The third-order valence-electron chi connectivity index (χ3n) is 6.16. The molecule has 168 valence electrons. The third kappa shape index (κ3) is 5.71. The van der Waals surface area contributed by atoms with Crippen molar-refractivity contribution in [3.8, 4) is 0 Å². The second kappa shape index (κ2) is 10.2. The normalized spacial score (nSPS) is 23.2. The van der Waals surface area contributed by atoms with Crippen LogP contribution in [0.15, 0.2) is 55.1 Å². The fourth-order valence-electron chi connectivity index (χ4n) is 4.41. The highest BCUT2D eigenvalue weighted by atomic mass is 32.2. The van der Waals surface area contributed by atoms with E-state index in [0.29, 0.717) is 6.42 Å². The summed E-state index contributed by atoms with van der Waals surface area (Å²) in [6.07, 6.45) is 6.72. The molecule has 0 saturated heterocycles. The first kappa shape index (κ1) is 23.8. The molecule has 3 rings (SSSR count). The van der Waals surface area contributed by atoms with E-state index in [4.69, 9.17) is 4.74 Å². The summed E-state index contributed by atoms with van der Waals surface area (Å²) in [6, 6.07) is 14.4. The fourth-order valence-corrected chi connectivity index (χ4v) is 5.37. The SMILES string of the molecule is C=CCOC(=O)[C@]1(Cc2ccc3ccccc3c2)CCCCC[C@H]1N[S+]([O-])C(C)(C)C. The largest absolute Gasteiger partial charge is 0.598 e. The second-order valence-electron chi connectivity index (χ2n) is 9.55. The summed E-state index contributed by atoms with van der Waals surface area (Å²) < 4.78 is 21.6. The Balaban J connectivity index is 2.01. The number of fused-ring (bicyclic) bond motifs is 1. The monoisotopic (exact) mass is 441 g/mol. The van der Waals surface area contributed by atoms with Gasteiger partial charge in [-0.2, -0.15) is 0 Å². The molecular formula is C26H35NO3S. The number of rotatable bonds is 7. The highest BCUT2D eigenvalue weighted by molar-refractivity contribution is 7.90. The van der Waals surface area contributed by atoms with Crippen molar-refractivity contribution >= 4 is 28.1 Å². The van der Waals surface area contributed by atoms with Crippen LogP contribution >= 0.6 is 0 Å². The van der Waals surface area contributed by atoms with E-state index in [1.807, 2.05) is 32.9 Å². The Kier molecular flexibility index (Phi) is 7.84. The molecule has 0 heterocycles. The zero-order valence-corrected chi connectivity index (χ0v) is 19.8. The number of hydrogen-bond donors (Lipinski definition) is 1. The average Bonchev–Trinajstić information content (AvgIpc) is 2.94. The molecule has 1 saturated carbocycles. The zero-order chi connectivity index (χ0) is 22.5. The van der Waals surface area contributed by atoms with Gasteiger partial charge < -0.3 is 9.29 Å². The van der Waals surface area contributed by atoms with Crippen LogP contribution in [0.25, 0.3) is 10.8 Å². The average molecular weight is 442 g/mol. The number of hydrogen-bond acceptors (Lipinski definition) is 4. The number of carbonyl (C=O) groups excluding carboxylic acids is 1. The summed E-state index contributed by atoms with van der Waals surface area (Å²) in [5.74, 6) is -0.217. The van der Waals surface area contributed by atoms with Crippen LogP contribution in [0.5, 0.6) is 0 Å². The van der Waals surface area contributed by atoms with E-state index in [1.54, 1.807) is 6.08 Å². The van der Waals surface area contributed by atoms with Crippen molar-refractivity contribution in [3.05, 3.63) is 60.7 Å². The third-order valence-corrected chi connectivity index (χ3v) is 7.77. The maximum Gasteiger partial charge on any atom is 0.314 e. The summed E-state index contributed by atoms with van der Waals surface area (Å²) in [5.41, 5.74) is 0.340. The van der Waals surface area contributed by atoms with Crippen molar-refractivity contribution in [2.45, 2.75) is 70.1 Å². The number of ether oxygens (including phenoxy) is 1. The Morgan fingerprint density at radius 1 is 1.23 bits per heavy atom. The Bertz CT molecular complexity index is 907. The van der Waals surface area contributed by atoms with Crippen LogP contribution in [0.2, 0.25) is 0 Å². The maximum absolute atomic E-state index is 13.5. The van der Waals surface area contributed by atoms with E-state index < -0.39 is 21.5 Å². The number of esters is 1. The van der Waals surface area contributed by atoms with Crippen LogP contribution < -0.4 is 4.72 Å². The first-order valence-electron chi connectivity index (χ1n) is 11.2. The first-order chi connectivity index (χ1) is 14.8. The van der Waals surface area contributed by atoms with Crippen LogP contribution in [0.3, 0.4) is 0 Å². The van der Waals surface area contributed by atoms with Crippen molar-refractivity contribution < 1.29 is 14.1 Å². The fraction of sp³-hybridized carbons (Fsp3) is 0.500. The minimum absolute atomic E-state index is 0.188. The first-order valence-corrected chi connectivity index (χ1v) is 12.3. The molecule has 0 bridgehead atoms. The number of benzene rings is 2. The minimum atomic E-state index is -1.27. The van der Waals surface area contributed by atoms with Crippen LogP contribution in [0, 0.1) is 5.41 Å². The van der Waals surface area contributed by atoms with Crippen LogP contribution in [-0.4, -0.2) is 27.9 Å². The van der Waals surface area contributed by atoms with E-state index in [1.165, 1.54) is 5.39 Å². The highest BCUT2D eigenvalue weighted by Crippen LogP contribution is 2.41. The van der Waals surface area contributed by atoms with Gasteiger partial charge in [0.2, 0.25) is 0 Å². The van der Waals surface area contributed by atoms with E-state index in [9.17, 15) is 9.35 Å². The Morgan fingerprint density at radius 2 is 1.97 bits per heavy atom. The van der Waals surface area contributed by atoms with Gasteiger partial charge in [0.1, 0.15) is 11.4 Å². The van der Waals surface area contributed by atoms with Gasteiger partial charge in [-0.1, -0.05) is 74.4 Å².